The molecule has 0 aromatic heterocycles. The Hall–Kier alpha value is -2.77. The van der Waals surface area contributed by atoms with Crippen LogP contribution >= 0.6 is 0 Å². The summed E-state index contributed by atoms with van der Waals surface area (Å²) in [6.07, 6.45) is -1.82. The summed E-state index contributed by atoms with van der Waals surface area (Å²) >= 11 is 0. The predicted octanol–water partition coefficient (Wildman–Crippen LogP) is 2.41. The molecule has 0 spiro atoms. The van der Waals surface area contributed by atoms with Gasteiger partial charge in [0.25, 0.3) is 8.32 Å². The van der Waals surface area contributed by atoms with Crippen molar-refractivity contribution in [2.45, 2.75) is 38.3 Å². The Kier molecular flexibility index (Phi) is 5.72. The second-order valence-corrected chi connectivity index (χ2v) is 12.5. The van der Waals surface area contributed by atoms with Crippen LogP contribution in [0.15, 0.2) is 60.7 Å². The largest absolute Gasteiger partial charge is 0.465 e. The van der Waals surface area contributed by atoms with E-state index in [0.717, 1.165) is 10.4 Å². The smallest absolute Gasteiger partial charge is 0.414 e. The summed E-state index contributed by atoms with van der Waals surface area (Å²) in [6, 6.07) is 18.6. The van der Waals surface area contributed by atoms with Crippen molar-refractivity contribution in [1.29, 1.82) is 0 Å². The van der Waals surface area contributed by atoms with Gasteiger partial charge in [0.15, 0.2) is 5.78 Å². The fourth-order valence-corrected chi connectivity index (χ4v) is 8.61. The first-order valence-electron chi connectivity index (χ1n) is 9.51. The van der Waals surface area contributed by atoms with Crippen molar-refractivity contribution in [2.24, 2.45) is 0 Å². The first kappa shape index (κ1) is 20.9. The zero-order valence-corrected chi connectivity index (χ0v) is 17.8. The van der Waals surface area contributed by atoms with Gasteiger partial charge in [-0.3, -0.25) is 9.59 Å². The molecule has 0 radical (unpaired) electrons. The molecule has 2 amide bonds. The number of nitrogens with zero attached hydrogens (tertiary/aromatic N) is 1. The van der Waals surface area contributed by atoms with E-state index in [1.807, 2.05) is 60.7 Å². The van der Waals surface area contributed by atoms with Gasteiger partial charge in [-0.2, -0.15) is 0 Å². The number of Topliss-reactive ketones (excluding diaryl/α,β-unsaturated/α-hetero) is 1. The first-order valence-corrected chi connectivity index (χ1v) is 11.4. The van der Waals surface area contributed by atoms with Crippen molar-refractivity contribution in [3.05, 3.63) is 60.7 Å². The highest BCUT2D eigenvalue weighted by molar-refractivity contribution is 6.99. The van der Waals surface area contributed by atoms with E-state index >= 15 is 0 Å². The van der Waals surface area contributed by atoms with E-state index in [2.05, 4.69) is 20.8 Å². The summed E-state index contributed by atoms with van der Waals surface area (Å²) in [7, 11) is -2.92. The van der Waals surface area contributed by atoms with Crippen molar-refractivity contribution in [2.75, 3.05) is 6.61 Å². The van der Waals surface area contributed by atoms with E-state index in [9.17, 15) is 19.5 Å². The molecule has 2 aromatic carbocycles. The monoisotopic (exact) mass is 411 g/mol. The number of amides is 2. The number of hydrogen-bond acceptors (Lipinski definition) is 4. The minimum atomic E-state index is -2.92. The van der Waals surface area contributed by atoms with Gasteiger partial charge in [-0.05, 0) is 15.4 Å². The Balaban J connectivity index is 2.08. The van der Waals surface area contributed by atoms with Crippen molar-refractivity contribution in [1.82, 2.24) is 4.90 Å². The number of imide groups is 1. The minimum Gasteiger partial charge on any atom is -0.465 e. The summed E-state index contributed by atoms with van der Waals surface area (Å²) in [5.41, 5.74) is 0. The van der Waals surface area contributed by atoms with Crippen LogP contribution in [-0.2, 0) is 14.0 Å². The van der Waals surface area contributed by atoms with Crippen LogP contribution in [0.2, 0.25) is 5.04 Å². The first-order chi connectivity index (χ1) is 13.7. The van der Waals surface area contributed by atoms with Crippen LogP contribution in [0.25, 0.3) is 0 Å². The number of benzene rings is 2. The number of carbonyl (C=O) groups is 3. The average Bonchev–Trinajstić information content (AvgIpc) is 2.96. The van der Waals surface area contributed by atoms with Crippen molar-refractivity contribution < 1.29 is 23.9 Å². The third-order valence-corrected chi connectivity index (χ3v) is 10.4. The normalized spacial score (nSPS) is 17.6. The molecule has 1 saturated heterocycles. The van der Waals surface area contributed by atoms with Gasteiger partial charge in [0.2, 0.25) is 5.91 Å². The molecule has 29 heavy (non-hydrogen) atoms. The van der Waals surface area contributed by atoms with E-state index in [-0.39, 0.29) is 11.6 Å². The molecule has 1 heterocycles. The molecule has 1 aliphatic rings. The Bertz CT molecular complexity index is 868. The van der Waals surface area contributed by atoms with Gasteiger partial charge in [0.05, 0.1) is 13.0 Å². The lowest BCUT2D eigenvalue weighted by atomic mass is 10.2. The summed E-state index contributed by atoms with van der Waals surface area (Å²) < 4.78 is 6.61. The molecule has 1 aliphatic heterocycles. The van der Waals surface area contributed by atoms with E-state index < -0.39 is 38.6 Å². The standard InChI is InChI=1S/C22H25NO5Si/c1-22(2,3)29(16-10-6-4-7-11-16,17-12-8-5-9-13-17)28-15-18-19(24)14-20(25)23(18)21(26)27/h4-13,18H,14-15H2,1-3H3,(H,26,27)/t18-/m1/s1. The molecular formula is C22H25NO5Si. The molecule has 0 aliphatic carbocycles. The van der Waals surface area contributed by atoms with E-state index in [1.54, 1.807) is 0 Å². The lowest BCUT2D eigenvalue weighted by molar-refractivity contribution is -0.127. The van der Waals surface area contributed by atoms with Gasteiger partial charge in [-0.15, -0.1) is 0 Å². The number of ketones is 1. The molecule has 0 saturated carbocycles. The average molecular weight is 412 g/mol. The second kappa shape index (κ2) is 7.92. The van der Waals surface area contributed by atoms with Crippen LogP contribution in [-0.4, -0.2) is 48.8 Å². The molecule has 3 rings (SSSR count). The molecule has 1 fully saturated rings. The Morgan fingerprint density at radius 2 is 1.52 bits per heavy atom. The third-order valence-electron chi connectivity index (χ3n) is 5.36. The summed E-state index contributed by atoms with van der Waals surface area (Å²) in [5.74, 6) is -1.12. The lowest BCUT2D eigenvalue weighted by Gasteiger charge is -2.43. The number of rotatable bonds is 5. The number of likely N-dealkylation sites (tertiary alicyclic amines) is 1. The van der Waals surface area contributed by atoms with Gasteiger partial charge in [-0.1, -0.05) is 81.4 Å². The lowest BCUT2D eigenvalue weighted by Crippen LogP contribution is -2.67. The van der Waals surface area contributed by atoms with Gasteiger partial charge in [0.1, 0.15) is 6.04 Å². The van der Waals surface area contributed by atoms with Crippen LogP contribution in [0.3, 0.4) is 0 Å². The highest BCUT2D eigenvalue weighted by Crippen LogP contribution is 2.37. The third kappa shape index (κ3) is 3.75. The van der Waals surface area contributed by atoms with Crippen molar-refractivity contribution in [3.63, 3.8) is 0 Å². The molecule has 152 valence electrons. The molecule has 0 bridgehead atoms. The molecule has 2 aromatic rings. The summed E-state index contributed by atoms with van der Waals surface area (Å²) in [5, 5.41) is 11.1. The molecular weight excluding hydrogens is 386 g/mol. The number of hydrogen-bond donors (Lipinski definition) is 1. The molecule has 0 unspecified atom stereocenters. The highest BCUT2D eigenvalue weighted by Gasteiger charge is 2.52. The number of carboxylic acid groups (broad SMARTS) is 1. The van der Waals surface area contributed by atoms with Gasteiger partial charge in [0, 0.05) is 0 Å². The summed E-state index contributed by atoms with van der Waals surface area (Å²) in [6.45, 7) is 6.13. The SMILES string of the molecule is CC(C)(C)[Si](OC[C@@H]1C(=O)CC(=O)N1C(=O)O)(c1ccccc1)c1ccccc1. The van der Waals surface area contributed by atoms with Gasteiger partial charge >= 0.3 is 6.09 Å². The van der Waals surface area contributed by atoms with Crippen LogP contribution in [0.1, 0.15) is 27.2 Å². The maximum atomic E-state index is 12.3. The highest BCUT2D eigenvalue weighted by atomic mass is 28.4. The quantitative estimate of drug-likeness (QED) is 0.603. The van der Waals surface area contributed by atoms with Crippen LogP contribution < -0.4 is 10.4 Å². The maximum absolute atomic E-state index is 12.3. The van der Waals surface area contributed by atoms with E-state index in [1.165, 1.54) is 0 Å². The van der Waals surface area contributed by atoms with Crippen LogP contribution in [0.5, 0.6) is 0 Å². The van der Waals surface area contributed by atoms with Crippen LogP contribution in [0, 0.1) is 0 Å². The van der Waals surface area contributed by atoms with Crippen molar-refractivity contribution in [3.8, 4) is 0 Å². The minimum absolute atomic E-state index is 0.149. The zero-order valence-electron chi connectivity index (χ0n) is 16.8. The molecule has 7 heteroatoms. The van der Waals surface area contributed by atoms with E-state index in [4.69, 9.17) is 4.43 Å². The fourth-order valence-electron chi connectivity index (χ4n) is 4.04. The molecule has 1 atom stereocenters. The van der Waals surface area contributed by atoms with E-state index in [0.29, 0.717) is 4.90 Å². The molecule has 6 nitrogen and oxygen atoms in total. The topological polar surface area (TPSA) is 83.9 Å². The maximum Gasteiger partial charge on any atom is 0.414 e. The van der Waals surface area contributed by atoms with Crippen LogP contribution in [0.4, 0.5) is 4.79 Å². The predicted molar refractivity (Wildman–Crippen MR) is 112 cm³/mol. The molecule has 1 N–H and O–H groups in total. The van der Waals surface area contributed by atoms with Gasteiger partial charge in [-0.25, -0.2) is 9.69 Å². The number of carbonyl (C=O) groups excluding carboxylic acids is 2. The summed E-state index contributed by atoms with van der Waals surface area (Å²) in [4.78, 5) is 36.5. The Morgan fingerprint density at radius 1 is 1.03 bits per heavy atom. The second-order valence-electron chi connectivity index (χ2n) is 8.18. The Labute approximate surface area is 171 Å². The van der Waals surface area contributed by atoms with Crippen molar-refractivity contribution >= 4 is 36.5 Å². The Morgan fingerprint density at radius 3 is 1.93 bits per heavy atom. The fraction of sp³-hybridized carbons (Fsp3) is 0.318. The van der Waals surface area contributed by atoms with Gasteiger partial charge < -0.3 is 9.53 Å². The zero-order chi connectivity index (χ0) is 21.2.